The largest absolute Gasteiger partial charge is 0.492 e. The van der Waals surface area contributed by atoms with Gasteiger partial charge in [0.2, 0.25) is 0 Å². The summed E-state index contributed by atoms with van der Waals surface area (Å²) in [5.41, 5.74) is 1.13. The lowest BCUT2D eigenvalue weighted by atomic mass is 9.93. The van der Waals surface area contributed by atoms with Crippen molar-refractivity contribution in [3.05, 3.63) is 42.2 Å². The average Bonchev–Trinajstić information content (AvgIpc) is 3.05. The van der Waals surface area contributed by atoms with Crippen LogP contribution in [0.3, 0.4) is 0 Å². The highest BCUT2D eigenvalue weighted by atomic mass is 16.5. The smallest absolute Gasteiger partial charge is 0.119 e. The SMILES string of the molecule is CC(C)N1CCC(c2cn(CCOc3ccccc3)nn2)CC1. The minimum absolute atomic E-state index is 0.550. The van der Waals surface area contributed by atoms with E-state index in [-0.39, 0.29) is 0 Å². The Morgan fingerprint density at radius 1 is 1.17 bits per heavy atom. The number of benzene rings is 1. The molecule has 124 valence electrons. The zero-order chi connectivity index (χ0) is 16.1. The third-order valence-electron chi connectivity index (χ3n) is 4.57. The molecule has 0 amide bonds. The van der Waals surface area contributed by atoms with Gasteiger partial charge in [0, 0.05) is 18.2 Å². The summed E-state index contributed by atoms with van der Waals surface area (Å²) < 4.78 is 7.61. The van der Waals surface area contributed by atoms with Gasteiger partial charge in [0.15, 0.2) is 0 Å². The Morgan fingerprint density at radius 2 is 1.91 bits per heavy atom. The van der Waals surface area contributed by atoms with Crippen molar-refractivity contribution in [2.24, 2.45) is 0 Å². The van der Waals surface area contributed by atoms with Gasteiger partial charge in [-0.1, -0.05) is 23.4 Å². The first-order chi connectivity index (χ1) is 11.2. The van der Waals surface area contributed by atoms with Gasteiger partial charge in [-0.25, -0.2) is 4.68 Å². The predicted molar refractivity (Wildman–Crippen MR) is 90.6 cm³/mol. The second-order valence-corrected chi connectivity index (χ2v) is 6.47. The van der Waals surface area contributed by atoms with Gasteiger partial charge in [-0.2, -0.15) is 0 Å². The maximum absolute atomic E-state index is 5.71. The molecule has 0 N–H and O–H groups in total. The minimum Gasteiger partial charge on any atom is -0.492 e. The first-order valence-electron chi connectivity index (χ1n) is 8.54. The van der Waals surface area contributed by atoms with E-state index < -0.39 is 0 Å². The molecular formula is C18H26N4O. The summed E-state index contributed by atoms with van der Waals surface area (Å²) in [6, 6.07) is 10.5. The van der Waals surface area contributed by atoms with Crippen LogP contribution in [-0.4, -0.2) is 45.6 Å². The summed E-state index contributed by atoms with van der Waals surface area (Å²) in [5, 5.41) is 8.62. The number of rotatable bonds is 6. The molecule has 23 heavy (non-hydrogen) atoms. The third-order valence-corrected chi connectivity index (χ3v) is 4.57. The lowest BCUT2D eigenvalue weighted by Gasteiger charge is -2.33. The van der Waals surface area contributed by atoms with Crippen LogP contribution in [0.15, 0.2) is 36.5 Å². The zero-order valence-electron chi connectivity index (χ0n) is 14.1. The molecule has 0 spiro atoms. The molecule has 1 aromatic heterocycles. The Bertz CT molecular complexity index is 588. The van der Waals surface area contributed by atoms with E-state index in [1.54, 1.807) is 0 Å². The summed E-state index contributed by atoms with van der Waals surface area (Å²) in [5.74, 6) is 1.45. The fourth-order valence-electron chi connectivity index (χ4n) is 3.10. The Morgan fingerprint density at radius 3 is 2.61 bits per heavy atom. The second-order valence-electron chi connectivity index (χ2n) is 6.47. The summed E-state index contributed by atoms with van der Waals surface area (Å²) in [6.45, 7) is 8.19. The average molecular weight is 314 g/mol. The molecule has 1 fully saturated rings. The molecule has 1 aliphatic heterocycles. The van der Waals surface area contributed by atoms with E-state index in [9.17, 15) is 0 Å². The molecule has 0 atom stereocenters. The van der Waals surface area contributed by atoms with Crippen LogP contribution >= 0.6 is 0 Å². The molecule has 2 aromatic rings. The van der Waals surface area contributed by atoms with Crippen molar-refractivity contribution in [3.8, 4) is 5.75 Å². The molecule has 5 nitrogen and oxygen atoms in total. The van der Waals surface area contributed by atoms with Crippen molar-refractivity contribution < 1.29 is 4.74 Å². The lowest BCUT2D eigenvalue weighted by molar-refractivity contribution is 0.171. The molecule has 3 rings (SSSR count). The van der Waals surface area contributed by atoms with Crippen LogP contribution in [0.1, 0.15) is 38.3 Å². The van der Waals surface area contributed by atoms with Crippen molar-refractivity contribution in [1.29, 1.82) is 0 Å². The minimum atomic E-state index is 0.550. The second kappa shape index (κ2) is 7.59. The summed E-state index contributed by atoms with van der Waals surface area (Å²) >= 11 is 0. The van der Waals surface area contributed by atoms with Gasteiger partial charge in [0.05, 0.1) is 12.2 Å². The van der Waals surface area contributed by atoms with E-state index in [1.807, 2.05) is 35.0 Å². The van der Waals surface area contributed by atoms with E-state index >= 15 is 0 Å². The predicted octanol–water partition coefficient (Wildman–Crippen LogP) is 2.94. The van der Waals surface area contributed by atoms with E-state index in [4.69, 9.17) is 4.74 Å². The Labute approximate surface area is 138 Å². The number of ether oxygens (including phenoxy) is 1. The van der Waals surface area contributed by atoms with Crippen LogP contribution in [0.2, 0.25) is 0 Å². The Kier molecular flexibility index (Phi) is 5.28. The summed E-state index contributed by atoms with van der Waals surface area (Å²) in [7, 11) is 0. The molecule has 0 bridgehead atoms. The zero-order valence-corrected chi connectivity index (χ0v) is 14.1. The quantitative estimate of drug-likeness (QED) is 0.822. The maximum atomic E-state index is 5.71. The summed E-state index contributed by atoms with van der Waals surface area (Å²) in [6.07, 6.45) is 4.44. The fourth-order valence-corrected chi connectivity index (χ4v) is 3.10. The van der Waals surface area contributed by atoms with Crippen molar-refractivity contribution >= 4 is 0 Å². The number of hydrogen-bond acceptors (Lipinski definition) is 4. The topological polar surface area (TPSA) is 43.2 Å². The molecule has 1 saturated heterocycles. The number of para-hydroxylation sites is 1. The number of likely N-dealkylation sites (tertiary alicyclic amines) is 1. The monoisotopic (exact) mass is 314 g/mol. The van der Waals surface area contributed by atoms with Crippen LogP contribution in [0, 0.1) is 0 Å². The molecule has 1 aliphatic rings. The molecule has 2 heterocycles. The molecule has 5 heteroatoms. The van der Waals surface area contributed by atoms with Crippen molar-refractivity contribution in [2.75, 3.05) is 19.7 Å². The molecule has 0 unspecified atom stereocenters. The highest BCUT2D eigenvalue weighted by molar-refractivity contribution is 5.20. The van der Waals surface area contributed by atoms with Gasteiger partial charge in [-0.3, -0.25) is 0 Å². The number of hydrogen-bond donors (Lipinski definition) is 0. The van der Waals surface area contributed by atoms with Gasteiger partial charge in [-0.15, -0.1) is 5.10 Å². The molecule has 0 saturated carbocycles. The van der Waals surface area contributed by atoms with Gasteiger partial charge >= 0.3 is 0 Å². The van der Waals surface area contributed by atoms with Crippen LogP contribution in [0.4, 0.5) is 0 Å². The van der Waals surface area contributed by atoms with E-state index in [0.717, 1.165) is 31.1 Å². The normalized spacial score (nSPS) is 16.8. The third kappa shape index (κ3) is 4.32. The van der Waals surface area contributed by atoms with Crippen LogP contribution < -0.4 is 4.74 Å². The molecule has 1 aromatic carbocycles. The van der Waals surface area contributed by atoms with Gasteiger partial charge in [-0.05, 0) is 51.9 Å². The molecular weight excluding hydrogens is 288 g/mol. The van der Waals surface area contributed by atoms with Crippen LogP contribution in [0.25, 0.3) is 0 Å². The van der Waals surface area contributed by atoms with E-state index in [2.05, 4.69) is 35.3 Å². The fraction of sp³-hybridized carbons (Fsp3) is 0.556. The first kappa shape index (κ1) is 16.0. The van der Waals surface area contributed by atoms with E-state index in [0.29, 0.717) is 18.6 Å². The van der Waals surface area contributed by atoms with Gasteiger partial charge in [0.1, 0.15) is 12.4 Å². The maximum Gasteiger partial charge on any atom is 0.119 e. The van der Waals surface area contributed by atoms with Crippen LogP contribution in [-0.2, 0) is 6.54 Å². The van der Waals surface area contributed by atoms with Crippen molar-refractivity contribution in [1.82, 2.24) is 19.9 Å². The van der Waals surface area contributed by atoms with E-state index in [1.165, 1.54) is 12.8 Å². The molecule has 0 radical (unpaired) electrons. The number of nitrogens with zero attached hydrogens (tertiary/aromatic N) is 4. The summed E-state index contributed by atoms with van der Waals surface area (Å²) in [4.78, 5) is 2.54. The lowest BCUT2D eigenvalue weighted by Crippen LogP contribution is -2.37. The number of piperidine rings is 1. The van der Waals surface area contributed by atoms with Gasteiger partial charge in [0.25, 0.3) is 0 Å². The van der Waals surface area contributed by atoms with Crippen molar-refractivity contribution in [2.45, 2.75) is 45.2 Å². The molecule has 0 aliphatic carbocycles. The highest BCUT2D eigenvalue weighted by Crippen LogP contribution is 2.27. The standard InChI is InChI=1S/C18H26N4O/c1-15(2)21-10-8-16(9-11-21)18-14-22(20-19-18)12-13-23-17-6-4-3-5-7-17/h3-7,14-16H,8-13H2,1-2H3. The first-order valence-corrected chi connectivity index (χ1v) is 8.54. The Hall–Kier alpha value is -1.88. The number of aromatic nitrogens is 3. The Balaban J connectivity index is 1.47. The van der Waals surface area contributed by atoms with Gasteiger partial charge < -0.3 is 9.64 Å². The highest BCUT2D eigenvalue weighted by Gasteiger charge is 2.23. The van der Waals surface area contributed by atoms with Crippen molar-refractivity contribution in [3.63, 3.8) is 0 Å². The van der Waals surface area contributed by atoms with Crippen LogP contribution in [0.5, 0.6) is 5.75 Å².